The maximum Gasteiger partial charge on any atom is 0.311 e. The monoisotopic (exact) mass is 338 g/mol. The molecule has 2 aliphatic heterocycles. The Morgan fingerprint density at radius 3 is 2.74 bits per heavy atom. The lowest BCUT2D eigenvalue weighted by atomic mass is 9.76. The van der Waals surface area contributed by atoms with Gasteiger partial charge in [-0.15, -0.1) is 0 Å². The van der Waals surface area contributed by atoms with Gasteiger partial charge in [0.25, 0.3) is 0 Å². The number of carbonyl (C=O) groups is 1. The lowest BCUT2D eigenvalue weighted by molar-refractivity contribution is -0.158. The molecular formula is C18H23ClFNO2. The van der Waals surface area contributed by atoms with Gasteiger partial charge >= 0.3 is 5.97 Å². The Morgan fingerprint density at radius 1 is 1.39 bits per heavy atom. The first-order valence-electron chi connectivity index (χ1n) is 8.25. The van der Waals surface area contributed by atoms with Crippen LogP contribution in [0.3, 0.4) is 0 Å². The summed E-state index contributed by atoms with van der Waals surface area (Å²) in [4.78, 5) is 15.0. The Balaban J connectivity index is 1.89. The predicted molar refractivity (Wildman–Crippen MR) is 88.4 cm³/mol. The van der Waals surface area contributed by atoms with Crippen LogP contribution in [0.2, 0.25) is 5.02 Å². The number of carbonyl (C=O) groups excluding carboxylic acids is 1. The molecule has 0 aliphatic carbocycles. The molecule has 0 radical (unpaired) electrons. The van der Waals surface area contributed by atoms with Crippen LogP contribution in [0, 0.1) is 5.92 Å². The zero-order valence-electron chi connectivity index (χ0n) is 13.5. The summed E-state index contributed by atoms with van der Waals surface area (Å²) in [5.74, 6) is -0.401. The fraction of sp³-hybridized carbons (Fsp3) is 0.611. The maximum atomic E-state index is 12.7. The van der Waals surface area contributed by atoms with E-state index in [9.17, 15) is 9.18 Å². The number of nitrogens with zero attached hydrogens (tertiary/aromatic N) is 1. The number of fused-ring (bicyclic) bond motifs is 2. The molecule has 0 spiro atoms. The van der Waals surface area contributed by atoms with E-state index in [1.165, 1.54) is 0 Å². The molecule has 2 saturated heterocycles. The van der Waals surface area contributed by atoms with Gasteiger partial charge in [-0.3, -0.25) is 9.69 Å². The van der Waals surface area contributed by atoms with Gasteiger partial charge in [-0.2, -0.15) is 0 Å². The van der Waals surface area contributed by atoms with E-state index in [1.807, 2.05) is 24.3 Å². The Kier molecular flexibility index (Phi) is 4.93. The number of hydrogen-bond donors (Lipinski definition) is 0. The van der Waals surface area contributed by atoms with Crippen molar-refractivity contribution in [1.29, 1.82) is 0 Å². The minimum atomic E-state index is -0.683. The first kappa shape index (κ1) is 16.7. The van der Waals surface area contributed by atoms with Crippen molar-refractivity contribution in [2.75, 3.05) is 13.7 Å². The average molecular weight is 339 g/mol. The second-order valence-electron chi connectivity index (χ2n) is 6.79. The van der Waals surface area contributed by atoms with Crippen LogP contribution in [0.15, 0.2) is 24.3 Å². The Hall–Kier alpha value is -1.13. The molecule has 0 amide bonds. The lowest BCUT2D eigenvalue weighted by Crippen LogP contribution is -2.49. The Bertz CT molecular complexity index is 565. The fourth-order valence-corrected chi connectivity index (χ4v) is 4.28. The van der Waals surface area contributed by atoms with Crippen molar-refractivity contribution >= 4 is 17.6 Å². The number of piperidine rings is 1. The Labute approximate surface area is 141 Å². The van der Waals surface area contributed by atoms with E-state index in [0.717, 1.165) is 24.8 Å². The summed E-state index contributed by atoms with van der Waals surface area (Å²) in [5, 5.41) is 0.690. The summed E-state index contributed by atoms with van der Waals surface area (Å²) in [6, 6.07) is 8.40. The molecule has 1 aromatic rings. The minimum absolute atomic E-state index is 0.111. The number of esters is 1. The maximum absolute atomic E-state index is 12.7. The molecule has 1 aromatic carbocycles. The molecular weight excluding hydrogens is 316 g/mol. The summed E-state index contributed by atoms with van der Waals surface area (Å²) in [7, 11) is 2.08. The molecule has 2 bridgehead atoms. The highest BCUT2D eigenvalue weighted by Gasteiger charge is 2.49. The summed E-state index contributed by atoms with van der Waals surface area (Å²) in [6.45, 7) is 0.951. The van der Waals surface area contributed by atoms with Crippen molar-refractivity contribution < 1.29 is 13.9 Å². The Morgan fingerprint density at radius 2 is 2.09 bits per heavy atom. The van der Waals surface area contributed by atoms with E-state index in [2.05, 4.69) is 11.9 Å². The van der Waals surface area contributed by atoms with E-state index in [1.54, 1.807) is 6.92 Å². The highest BCUT2D eigenvalue weighted by molar-refractivity contribution is 6.30. The third-order valence-electron chi connectivity index (χ3n) is 5.37. The molecule has 5 atom stereocenters. The molecule has 23 heavy (non-hydrogen) atoms. The van der Waals surface area contributed by atoms with Crippen LogP contribution in [0.1, 0.15) is 37.7 Å². The fourth-order valence-electron chi connectivity index (χ4n) is 4.15. The van der Waals surface area contributed by atoms with E-state index in [0.29, 0.717) is 11.1 Å². The molecule has 0 aromatic heterocycles. The molecule has 0 unspecified atom stereocenters. The summed E-state index contributed by atoms with van der Waals surface area (Å²) < 4.78 is 18.1. The van der Waals surface area contributed by atoms with Crippen LogP contribution >= 0.6 is 11.6 Å². The molecule has 0 N–H and O–H groups in total. The van der Waals surface area contributed by atoms with Crippen molar-refractivity contribution in [1.82, 2.24) is 4.90 Å². The van der Waals surface area contributed by atoms with Crippen molar-refractivity contribution in [3.8, 4) is 0 Å². The second kappa shape index (κ2) is 6.78. The van der Waals surface area contributed by atoms with Crippen LogP contribution in [0.5, 0.6) is 0 Å². The number of benzene rings is 1. The highest BCUT2D eigenvalue weighted by atomic mass is 35.5. The normalized spacial score (nSPS) is 31.8. The number of rotatable bonds is 4. The third kappa shape index (κ3) is 3.24. The largest absolute Gasteiger partial charge is 0.460 e. The van der Waals surface area contributed by atoms with Gasteiger partial charge in [-0.25, -0.2) is 4.39 Å². The minimum Gasteiger partial charge on any atom is -0.460 e. The number of alkyl halides is 1. The lowest BCUT2D eigenvalue weighted by Gasteiger charge is -2.42. The molecule has 2 aliphatic rings. The summed E-state index contributed by atoms with van der Waals surface area (Å²) in [6.07, 6.45) is 2.35. The quantitative estimate of drug-likeness (QED) is 0.782. The van der Waals surface area contributed by atoms with Crippen LogP contribution in [-0.4, -0.2) is 42.8 Å². The smallest absolute Gasteiger partial charge is 0.311 e. The van der Waals surface area contributed by atoms with Gasteiger partial charge in [0, 0.05) is 23.0 Å². The summed E-state index contributed by atoms with van der Waals surface area (Å²) >= 11 is 5.99. The average Bonchev–Trinajstić information content (AvgIpc) is 2.78. The molecule has 5 heteroatoms. The van der Waals surface area contributed by atoms with Crippen LogP contribution < -0.4 is 0 Å². The van der Waals surface area contributed by atoms with Crippen LogP contribution in [0.4, 0.5) is 4.39 Å². The molecule has 126 valence electrons. The van der Waals surface area contributed by atoms with Crippen LogP contribution in [-0.2, 0) is 9.53 Å². The molecule has 2 heterocycles. The number of ether oxygens (including phenoxy) is 1. The van der Waals surface area contributed by atoms with Gasteiger partial charge in [0.05, 0.1) is 5.92 Å². The molecule has 3 rings (SSSR count). The third-order valence-corrected chi connectivity index (χ3v) is 5.63. The van der Waals surface area contributed by atoms with Crippen molar-refractivity contribution in [3.05, 3.63) is 34.9 Å². The van der Waals surface area contributed by atoms with Gasteiger partial charge in [-0.1, -0.05) is 23.7 Å². The van der Waals surface area contributed by atoms with E-state index in [-0.39, 0.29) is 23.8 Å². The zero-order chi connectivity index (χ0) is 16.6. The van der Waals surface area contributed by atoms with E-state index < -0.39 is 12.8 Å². The van der Waals surface area contributed by atoms with Crippen molar-refractivity contribution in [3.63, 3.8) is 0 Å². The van der Waals surface area contributed by atoms with Crippen molar-refractivity contribution in [2.24, 2.45) is 5.92 Å². The second-order valence-corrected chi connectivity index (χ2v) is 7.22. The van der Waals surface area contributed by atoms with Crippen molar-refractivity contribution in [2.45, 2.75) is 50.3 Å². The molecule has 0 saturated carbocycles. The first-order chi connectivity index (χ1) is 11.0. The van der Waals surface area contributed by atoms with Crippen LogP contribution in [0.25, 0.3) is 0 Å². The SMILES string of the molecule is C[C@@H](C[18F])OC(=O)[C@H]1[C@@H](c2ccc(Cl)cc2)C[C@@H]2CC[C@H]1N2C. The van der Waals surface area contributed by atoms with Gasteiger partial charge in [0.1, 0.15) is 12.8 Å². The van der Waals surface area contributed by atoms with Gasteiger partial charge in [0.15, 0.2) is 0 Å². The topological polar surface area (TPSA) is 29.5 Å². The first-order valence-corrected chi connectivity index (χ1v) is 8.63. The predicted octanol–water partition coefficient (Wildman–Crippen LogP) is 3.81. The highest BCUT2D eigenvalue weighted by Crippen LogP contribution is 2.46. The van der Waals surface area contributed by atoms with Gasteiger partial charge in [-0.05, 0) is 50.9 Å². The summed E-state index contributed by atoms with van der Waals surface area (Å²) in [5.41, 5.74) is 1.12. The number of halogens is 2. The van der Waals surface area contributed by atoms with Gasteiger partial charge in [0.2, 0.25) is 0 Å². The molecule has 3 nitrogen and oxygen atoms in total. The van der Waals surface area contributed by atoms with E-state index in [4.69, 9.17) is 16.3 Å². The zero-order valence-corrected chi connectivity index (χ0v) is 14.3. The standard InChI is InChI=1S/C18H23ClFNO2/c1-11(10-20)23-18(22)17-15(12-3-5-13(19)6-4-12)9-14-7-8-16(17)21(14)2/h3-6,11,14-17H,7-10H2,1-2H3/t11-,14-,15+,16+,17-/m0/s1/i20-1. The van der Waals surface area contributed by atoms with Gasteiger partial charge < -0.3 is 4.74 Å². The molecule has 2 fully saturated rings. The number of hydrogen-bond acceptors (Lipinski definition) is 3. The van der Waals surface area contributed by atoms with E-state index >= 15 is 0 Å².